The van der Waals surface area contributed by atoms with Gasteiger partial charge in [-0.3, -0.25) is 10.2 Å². The molecule has 2 rings (SSSR count). The van der Waals surface area contributed by atoms with E-state index in [0.29, 0.717) is 11.3 Å². The molecule has 1 aromatic carbocycles. The van der Waals surface area contributed by atoms with Crippen molar-refractivity contribution < 1.29 is 17.6 Å². The van der Waals surface area contributed by atoms with E-state index in [4.69, 9.17) is 4.42 Å². The van der Waals surface area contributed by atoms with Gasteiger partial charge in [0, 0.05) is 20.2 Å². The number of carbonyl (C=O) groups excluding carboxylic acids is 1. The molecule has 7 nitrogen and oxygen atoms in total. The zero-order chi connectivity index (χ0) is 17.6. The Balaban J connectivity index is 2.00. The van der Waals surface area contributed by atoms with Crippen LogP contribution in [0.25, 0.3) is 6.08 Å². The molecule has 8 heteroatoms. The van der Waals surface area contributed by atoms with Crippen LogP contribution in [0.1, 0.15) is 11.3 Å². The van der Waals surface area contributed by atoms with E-state index in [1.54, 1.807) is 44.4 Å². The second kappa shape index (κ2) is 7.91. The smallest absolute Gasteiger partial charge is 0.258 e. The number of sulfonamides is 1. The summed E-state index contributed by atoms with van der Waals surface area (Å²) in [5.41, 5.74) is 3.29. The van der Waals surface area contributed by atoms with Crippen LogP contribution in [0, 0.1) is 0 Å². The Bertz CT molecular complexity index is 794. The van der Waals surface area contributed by atoms with Crippen molar-refractivity contribution in [3.8, 4) is 0 Å². The van der Waals surface area contributed by atoms with Crippen molar-refractivity contribution in [3.05, 3.63) is 60.1 Å². The molecule has 2 aromatic rings. The number of nitrogens with one attached hydrogen (secondary N) is 2. The second-order valence-electron chi connectivity index (χ2n) is 5.18. The summed E-state index contributed by atoms with van der Waals surface area (Å²) in [5, 5.41) is 1.53. The monoisotopic (exact) mass is 349 g/mol. The Kier molecular flexibility index (Phi) is 5.91. The molecular weight excluding hydrogens is 330 g/mol. The summed E-state index contributed by atoms with van der Waals surface area (Å²) in [4.78, 5) is 11.6. The van der Waals surface area contributed by atoms with E-state index in [1.165, 1.54) is 29.5 Å². The first-order valence-corrected chi connectivity index (χ1v) is 8.63. The zero-order valence-electron chi connectivity index (χ0n) is 13.4. The van der Waals surface area contributed by atoms with Crippen LogP contribution in [0.3, 0.4) is 0 Å². The van der Waals surface area contributed by atoms with Crippen molar-refractivity contribution in [2.24, 2.45) is 0 Å². The Morgan fingerprint density at radius 2 is 1.92 bits per heavy atom. The van der Waals surface area contributed by atoms with E-state index in [2.05, 4.69) is 10.1 Å². The Hall–Kier alpha value is -2.42. The van der Waals surface area contributed by atoms with Gasteiger partial charge < -0.3 is 4.42 Å². The normalized spacial score (nSPS) is 12.0. The first kappa shape index (κ1) is 17.9. The molecule has 0 bridgehead atoms. The van der Waals surface area contributed by atoms with Crippen molar-refractivity contribution in [1.82, 2.24) is 15.2 Å². The number of hydrogen-bond acceptors (Lipinski definition) is 5. The molecule has 0 saturated heterocycles. The molecule has 0 saturated carbocycles. The number of rotatable bonds is 7. The average molecular weight is 349 g/mol. The molecule has 0 fully saturated rings. The maximum atomic E-state index is 12.2. The summed E-state index contributed by atoms with van der Waals surface area (Å²) in [6, 6.07) is 9.59. The molecule has 1 heterocycles. The minimum Gasteiger partial charge on any atom is -0.468 e. The molecule has 0 radical (unpaired) electrons. The lowest BCUT2D eigenvalue weighted by atomic mass is 10.2. The average Bonchev–Trinajstić information content (AvgIpc) is 3.04. The number of hydrogen-bond donors (Lipinski definition) is 2. The third-order valence-electron chi connectivity index (χ3n) is 2.97. The van der Waals surface area contributed by atoms with Crippen LogP contribution in [-0.2, 0) is 21.4 Å². The molecule has 0 aliphatic carbocycles. The van der Waals surface area contributed by atoms with E-state index < -0.39 is 10.0 Å². The zero-order valence-corrected chi connectivity index (χ0v) is 14.2. The number of amides is 1. The second-order valence-corrected chi connectivity index (χ2v) is 6.94. The molecule has 0 spiro atoms. The molecule has 128 valence electrons. The highest BCUT2D eigenvalue weighted by atomic mass is 32.2. The van der Waals surface area contributed by atoms with E-state index in [-0.39, 0.29) is 17.3 Å². The van der Waals surface area contributed by atoms with Crippen LogP contribution in [-0.4, -0.2) is 33.4 Å². The first-order chi connectivity index (χ1) is 11.4. The van der Waals surface area contributed by atoms with E-state index in [9.17, 15) is 13.2 Å². The largest absolute Gasteiger partial charge is 0.468 e. The fraction of sp³-hybridized carbons (Fsp3) is 0.188. The predicted octanol–water partition coefficient (Wildman–Crippen LogP) is 1.36. The maximum absolute atomic E-state index is 12.2. The highest BCUT2D eigenvalue weighted by molar-refractivity contribution is 7.89. The topological polar surface area (TPSA) is 91.7 Å². The quantitative estimate of drug-likeness (QED) is 0.582. The van der Waals surface area contributed by atoms with Crippen molar-refractivity contribution >= 4 is 22.0 Å². The van der Waals surface area contributed by atoms with Crippen molar-refractivity contribution in [2.75, 3.05) is 14.1 Å². The highest BCUT2D eigenvalue weighted by Gasteiger charge is 2.13. The van der Waals surface area contributed by atoms with Gasteiger partial charge in [0.05, 0.1) is 17.7 Å². The lowest BCUT2D eigenvalue weighted by Gasteiger charge is -2.08. The highest BCUT2D eigenvalue weighted by Crippen LogP contribution is 2.12. The van der Waals surface area contributed by atoms with Crippen LogP contribution < -0.4 is 10.1 Å². The Labute approximate surface area is 141 Å². The van der Waals surface area contributed by atoms with E-state index in [0.717, 1.165) is 0 Å². The van der Waals surface area contributed by atoms with Crippen molar-refractivity contribution in [3.63, 3.8) is 0 Å². The van der Waals surface area contributed by atoms with Gasteiger partial charge in [-0.25, -0.2) is 18.1 Å². The molecule has 2 N–H and O–H groups in total. The van der Waals surface area contributed by atoms with E-state index >= 15 is 0 Å². The summed E-state index contributed by atoms with van der Waals surface area (Å²) in [6.45, 7) is 0.0850. The molecule has 24 heavy (non-hydrogen) atoms. The summed E-state index contributed by atoms with van der Waals surface area (Å²) < 4.78 is 31.9. The molecule has 0 aliphatic rings. The fourth-order valence-electron chi connectivity index (χ4n) is 1.85. The molecule has 0 aliphatic heterocycles. The third-order valence-corrected chi connectivity index (χ3v) is 4.39. The number of furan rings is 1. The van der Waals surface area contributed by atoms with Gasteiger partial charge in [0.25, 0.3) is 5.91 Å². The van der Waals surface area contributed by atoms with Crippen molar-refractivity contribution in [2.45, 2.75) is 11.4 Å². The van der Waals surface area contributed by atoms with Gasteiger partial charge in [0.15, 0.2) is 0 Å². The van der Waals surface area contributed by atoms with Crippen LogP contribution in [0.15, 0.2) is 58.1 Å². The molecule has 0 atom stereocenters. The van der Waals surface area contributed by atoms with E-state index in [1.807, 2.05) is 0 Å². The van der Waals surface area contributed by atoms with Gasteiger partial charge in [0.2, 0.25) is 10.0 Å². The summed E-state index contributed by atoms with van der Waals surface area (Å²) in [7, 11) is -0.201. The summed E-state index contributed by atoms with van der Waals surface area (Å²) in [5.74, 6) is 0.266. The maximum Gasteiger partial charge on any atom is 0.258 e. The Morgan fingerprint density at radius 3 is 2.50 bits per heavy atom. The van der Waals surface area contributed by atoms with Crippen LogP contribution in [0.4, 0.5) is 0 Å². The van der Waals surface area contributed by atoms with Gasteiger partial charge in [0.1, 0.15) is 5.76 Å². The molecule has 1 aromatic heterocycles. The van der Waals surface area contributed by atoms with Gasteiger partial charge in [-0.2, -0.15) is 0 Å². The SMILES string of the molecule is CN(C)NC(=O)/C=C/c1ccc(S(=O)(=O)NCc2ccco2)cc1. The van der Waals surface area contributed by atoms with Gasteiger partial charge in [-0.05, 0) is 35.9 Å². The first-order valence-electron chi connectivity index (χ1n) is 7.15. The number of benzene rings is 1. The fourth-order valence-corrected chi connectivity index (χ4v) is 2.84. The summed E-state index contributed by atoms with van der Waals surface area (Å²) >= 11 is 0. The standard InChI is InChI=1S/C16H19N3O4S/c1-19(2)18-16(20)10-7-13-5-8-15(9-6-13)24(21,22)17-12-14-4-3-11-23-14/h3-11,17H,12H2,1-2H3,(H,18,20)/b10-7+. The van der Waals surface area contributed by atoms with Crippen LogP contribution in [0.5, 0.6) is 0 Å². The van der Waals surface area contributed by atoms with Crippen LogP contribution >= 0.6 is 0 Å². The number of hydrazine groups is 1. The number of nitrogens with zero attached hydrogens (tertiary/aromatic N) is 1. The van der Waals surface area contributed by atoms with Gasteiger partial charge in [-0.15, -0.1) is 0 Å². The minimum atomic E-state index is -3.62. The lowest BCUT2D eigenvalue weighted by Crippen LogP contribution is -2.34. The number of carbonyl (C=O) groups is 1. The lowest BCUT2D eigenvalue weighted by molar-refractivity contribution is -0.119. The third kappa shape index (κ3) is 5.34. The molecule has 1 amide bonds. The van der Waals surface area contributed by atoms with Crippen molar-refractivity contribution in [1.29, 1.82) is 0 Å². The predicted molar refractivity (Wildman–Crippen MR) is 90.0 cm³/mol. The molecule has 0 unspecified atom stereocenters. The van der Waals surface area contributed by atoms with Crippen LogP contribution in [0.2, 0.25) is 0 Å². The molecular formula is C16H19N3O4S. The Morgan fingerprint density at radius 1 is 1.21 bits per heavy atom. The van der Waals surface area contributed by atoms with Gasteiger partial charge >= 0.3 is 0 Å². The summed E-state index contributed by atoms with van der Waals surface area (Å²) in [6.07, 6.45) is 4.46. The van der Waals surface area contributed by atoms with Gasteiger partial charge in [-0.1, -0.05) is 12.1 Å². The minimum absolute atomic E-state index is 0.0850.